The Balaban J connectivity index is 1.68. The minimum Gasteiger partial charge on any atom is -0.355 e. The summed E-state index contributed by atoms with van der Waals surface area (Å²) in [6, 6.07) is 5.68. The zero-order chi connectivity index (χ0) is 17.3. The third kappa shape index (κ3) is 3.12. The molecule has 1 N–H and O–H groups in total. The zero-order valence-corrected chi connectivity index (χ0v) is 14.2. The first kappa shape index (κ1) is 16.4. The van der Waals surface area contributed by atoms with E-state index in [2.05, 4.69) is 10.4 Å². The molecule has 2 aromatic rings. The summed E-state index contributed by atoms with van der Waals surface area (Å²) < 4.78 is 7.49. The molecule has 1 saturated heterocycles. The Bertz CT molecular complexity index is 768. The van der Waals surface area contributed by atoms with Crippen LogP contribution in [0.4, 0.5) is 5.69 Å². The van der Waals surface area contributed by atoms with Crippen molar-refractivity contribution in [1.82, 2.24) is 14.7 Å². The zero-order valence-electron chi connectivity index (χ0n) is 14.2. The van der Waals surface area contributed by atoms with Crippen LogP contribution in [0.2, 0.25) is 0 Å². The second-order valence-electron chi connectivity index (χ2n) is 6.15. The van der Waals surface area contributed by atoms with E-state index in [-0.39, 0.29) is 11.8 Å². The third-order valence-corrected chi connectivity index (χ3v) is 4.24. The second kappa shape index (κ2) is 6.60. The number of carbonyl (C=O) groups excluding carboxylic acids is 2. The third-order valence-electron chi connectivity index (χ3n) is 4.24. The van der Waals surface area contributed by atoms with E-state index in [1.54, 1.807) is 14.1 Å². The van der Waals surface area contributed by atoms with E-state index in [9.17, 15) is 9.59 Å². The van der Waals surface area contributed by atoms with Gasteiger partial charge in [-0.1, -0.05) is 0 Å². The predicted molar refractivity (Wildman–Crippen MR) is 90.6 cm³/mol. The monoisotopic (exact) mass is 330 g/mol. The van der Waals surface area contributed by atoms with Crippen molar-refractivity contribution in [1.29, 1.82) is 0 Å². The standard InChI is InChI=1S/C17H22N4O3/c1-4-21-13-9-12(6-5-11(13)10-18-21)19-16(22)14-7-8-15(24-14)17(23)20(2)3/h5-6,9-10,14-15H,4,7-8H2,1-3H3,(H,19,22)/t14-,15+/m0/s1. The summed E-state index contributed by atoms with van der Waals surface area (Å²) in [6.07, 6.45) is 1.80. The van der Waals surface area contributed by atoms with Crippen molar-refractivity contribution in [2.24, 2.45) is 0 Å². The second-order valence-corrected chi connectivity index (χ2v) is 6.15. The number of hydrogen-bond donors (Lipinski definition) is 1. The van der Waals surface area contributed by atoms with Crippen LogP contribution in [0.5, 0.6) is 0 Å². The fraction of sp³-hybridized carbons (Fsp3) is 0.471. The molecule has 7 nitrogen and oxygen atoms in total. The van der Waals surface area contributed by atoms with E-state index < -0.39 is 12.2 Å². The maximum absolute atomic E-state index is 12.4. The number of benzene rings is 1. The predicted octanol–water partition coefficient (Wildman–Crippen LogP) is 1.63. The van der Waals surface area contributed by atoms with Crippen LogP contribution < -0.4 is 5.32 Å². The van der Waals surface area contributed by atoms with E-state index in [1.165, 1.54) is 4.90 Å². The number of amides is 2. The number of likely N-dealkylation sites (N-methyl/N-ethyl adjacent to an activating group) is 1. The van der Waals surface area contributed by atoms with Gasteiger partial charge in [0.25, 0.3) is 11.8 Å². The number of aryl methyl sites for hydroxylation is 1. The van der Waals surface area contributed by atoms with Crippen molar-refractivity contribution in [3.8, 4) is 0 Å². The van der Waals surface area contributed by atoms with Gasteiger partial charge in [-0.15, -0.1) is 0 Å². The quantitative estimate of drug-likeness (QED) is 0.924. The van der Waals surface area contributed by atoms with Crippen LogP contribution in [0.15, 0.2) is 24.4 Å². The number of hydrogen-bond acceptors (Lipinski definition) is 4. The summed E-state index contributed by atoms with van der Waals surface area (Å²) in [5.74, 6) is -0.315. The van der Waals surface area contributed by atoms with Crippen molar-refractivity contribution in [2.45, 2.75) is 38.5 Å². The van der Waals surface area contributed by atoms with Crippen molar-refractivity contribution >= 4 is 28.4 Å². The lowest BCUT2D eigenvalue weighted by atomic mass is 10.1. The average Bonchev–Trinajstić information content (AvgIpc) is 3.20. The van der Waals surface area contributed by atoms with Gasteiger partial charge in [-0.25, -0.2) is 0 Å². The molecule has 0 unspecified atom stereocenters. The number of rotatable bonds is 4. The van der Waals surface area contributed by atoms with Crippen molar-refractivity contribution < 1.29 is 14.3 Å². The van der Waals surface area contributed by atoms with Crippen molar-refractivity contribution in [3.63, 3.8) is 0 Å². The Hall–Kier alpha value is -2.41. The molecule has 1 fully saturated rings. The molecule has 1 aliphatic heterocycles. The smallest absolute Gasteiger partial charge is 0.253 e. The van der Waals surface area contributed by atoms with Gasteiger partial charge < -0.3 is 15.0 Å². The average molecular weight is 330 g/mol. The molecule has 2 atom stereocenters. The van der Waals surface area contributed by atoms with E-state index in [0.29, 0.717) is 18.5 Å². The highest BCUT2D eigenvalue weighted by atomic mass is 16.5. The highest BCUT2D eigenvalue weighted by Gasteiger charge is 2.35. The number of fused-ring (bicyclic) bond motifs is 1. The largest absolute Gasteiger partial charge is 0.355 e. The topological polar surface area (TPSA) is 76.5 Å². The number of ether oxygens (including phenoxy) is 1. The van der Waals surface area contributed by atoms with Gasteiger partial charge in [-0.2, -0.15) is 5.10 Å². The highest BCUT2D eigenvalue weighted by Crippen LogP contribution is 2.24. The van der Waals surface area contributed by atoms with E-state index in [0.717, 1.165) is 17.4 Å². The fourth-order valence-electron chi connectivity index (χ4n) is 2.92. The molecule has 1 aliphatic rings. The number of aromatic nitrogens is 2. The van der Waals surface area contributed by atoms with Crippen LogP contribution in [-0.4, -0.2) is 52.8 Å². The van der Waals surface area contributed by atoms with Gasteiger partial charge in [-0.3, -0.25) is 14.3 Å². The molecule has 2 heterocycles. The molecular formula is C17H22N4O3. The van der Waals surface area contributed by atoms with Gasteiger partial charge in [-0.05, 0) is 38.0 Å². The summed E-state index contributed by atoms with van der Waals surface area (Å²) in [5.41, 5.74) is 1.68. The van der Waals surface area contributed by atoms with Crippen LogP contribution in [0.25, 0.3) is 10.9 Å². The van der Waals surface area contributed by atoms with Gasteiger partial charge in [0.05, 0.1) is 11.7 Å². The number of nitrogens with zero attached hydrogens (tertiary/aromatic N) is 3. The molecule has 24 heavy (non-hydrogen) atoms. The molecule has 1 aromatic heterocycles. The minimum absolute atomic E-state index is 0.0985. The number of nitrogens with one attached hydrogen (secondary N) is 1. The number of carbonyl (C=O) groups is 2. The Morgan fingerprint density at radius 2 is 2.08 bits per heavy atom. The lowest BCUT2D eigenvalue weighted by Crippen LogP contribution is -2.35. The van der Waals surface area contributed by atoms with E-state index >= 15 is 0 Å². The minimum atomic E-state index is -0.592. The van der Waals surface area contributed by atoms with Gasteiger partial charge >= 0.3 is 0 Å². The maximum Gasteiger partial charge on any atom is 0.253 e. The van der Waals surface area contributed by atoms with Gasteiger partial charge in [0.2, 0.25) is 0 Å². The Kier molecular flexibility index (Phi) is 4.53. The lowest BCUT2D eigenvalue weighted by molar-refractivity contribution is -0.143. The van der Waals surface area contributed by atoms with Crippen LogP contribution in [-0.2, 0) is 20.9 Å². The van der Waals surface area contributed by atoms with E-state index in [4.69, 9.17) is 4.74 Å². The van der Waals surface area contributed by atoms with Gasteiger partial charge in [0.15, 0.2) is 0 Å². The number of anilines is 1. The SMILES string of the molecule is CCn1ncc2ccc(NC(=O)[C@@H]3CC[C@H](C(=O)N(C)C)O3)cc21. The Morgan fingerprint density at radius 1 is 1.33 bits per heavy atom. The maximum atomic E-state index is 12.4. The fourth-order valence-corrected chi connectivity index (χ4v) is 2.92. The summed E-state index contributed by atoms with van der Waals surface area (Å²) >= 11 is 0. The molecule has 0 aliphatic carbocycles. The van der Waals surface area contributed by atoms with Gasteiger partial charge in [0, 0.05) is 31.7 Å². The Labute approximate surface area is 140 Å². The first-order valence-electron chi connectivity index (χ1n) is 8.12. The summed E-state index contributed by atoms with van der Waals surface area (Å²) in [4.78, 5) is 25.8. The first-order valence-corrected chi connectivity index (χ1v) is 8.12. The van der Waals surface area contributed by atoms with Crippen LogP contribution in [0.1, 0.15) is 19.8 Å². The molecule has 7 heteroatoms. The first-order chi connectivity index (χ1) is 11.5. The lowest BCUT2D eigenvalue weighted by Gasteiger charge is -2.17. The molecule has 0 spiro atoms. The van der Waals surface area contributed by atoms with Crippen LogP contribution in [0, 0.1) is 0 Å². The molecule has 128 valence electrons. The summed E-state index contributed by atoms with van der Waals surface area (Å²) in [7, 11) is 3.37. The molecule has 0 radical (unpaired) electrons. The van der Waals surface area contributed by atoms with Crippen molar-refractivity contribution in [2.75, 3.05) is 19.4 Å². The molecule has 2 amide bonds. The summed E-state index contributed by atoms with van der Waals surface area (Å²) in [5, 5.41) is 8.20. The molecular weight excluding hydrogens is 308 g/mol. The molecule has 0 saturated carbocycles. The van der Waals surface area contributed by atoms with Crippen LogP contribution >= 0.6 is 0 Å². The van der Waals surface area contributed by atoms with Gasteiger partial charge in [0.1, 0.15) is 12.2 Å². The molecule has 0 bridgehead atoms. The normalized spacial score (nSPS) is 20.3. The molecule has 3 rings (SSSR count). The Morgan fingerprint density at radius 3 is 2.79 bits per heavy atom. The van der Waals surface area contributed by atoms with Crippen LogP contribution in [0.3, 0.4) is 0 Å². The molecule has 1 aromatic carbocycles. The van der Waals surface area contributed by atoms with E-state index in [1.807, 2.05) is 36.0 Å². The highest BCUT2D eigenvalue weighted by molar-refractivity contribution is 5.96. The van der Waals surface area contributed by atoms with Crippen molar-refractivity contribution in [3.05, 3.63) is 24.4 Å². The summed E-state index contributed by atoms with van der Waals surface area (Å²) in [6.45, 7) is 2.78.